The predicted molar refractivity (Wildman–Crippen MR) is 97.0 cm³/mol. The molecule has 0 heterocycles. The molecular formula is C17H16ClN3O2S. The maximum atomic E-state index is 11.1. The lowest BCUT2D eigenvalue weighted by Crippen LogP contribution is -2.09. The fourth-order valence-corrected chi connectivity index (χ4v) is 2.79. The predicted octanol–water partition coefficient (Wildman–Crippen LogP) is 3.16. The van der Waals surface area contributed by atoms with Crippen LogP contribution in [0.1, 0.15) is 16.7 Å². The third kappa shape index (κ3) is 5.69. The standard InChI is InChI=1S/C17H16ClN3O2S/c1-24(22,23)21-16-8-4-13(5-9-16)10-11-20-17(18)15-6-2-14(12-19)3-7-15/h2-9,21H,10-11H2,1H3/b20-17-. The summed E-state index contributed by atoms with van der Waals surface area (Å²) in [7, 11) is -3.26. The monoisotopic (exact) mass is 361 g/mol. The lowest BCUT2D eigenvalue weighted by Gasteiger charge is -2.05. The molecule has 1 N–H and O–H groups in total. The van der Waals surface area contributed by atoms with Gasteiger partial charge in [0.15, 0.2) is 0 Å². The van der Waals surface area contributed by atoms with Crippen LogP contribution in [0.3, 0.4) is 0 Å². The number of nitrogens with zero attached hydrogens (tertiary/aromatic N) is 2. The van der Waals surface area contributed by atoms with E-state index in [1.165, 1.54) is 0 Å². The quantitative estimate of drug-likeness (QED) is 0.802. The third-order valence-electron chi connectivity index (χ3n) is 3.16. The van der Waals surface area contributed by atoms with Crippen molar-refractivity contribution in [2.45, 2.75) is 6.42 Å². The summed E-state index contributed by atoms with van der Waals surface area (Å²) in [5.74, 6) is 0. The summed E-state index contributed by atoms with van der Waals surface area (Å²) in [6, 6.07) is 16.1. The lowest BCUT2D eigenvalue weighted by atomic mass is 10.1. The largest absolute Gasteiger partial charge is 0.284 e. The molecule has 0 aliphatic heterocycles. The number of rotatable bonds is 6. The molecule has 24 heavy (non-hydrogen) atoms. The van der Waals surface area contributed by atoms with Gasteiger partial charge in [0.1, 0.15) is 5.17 Å². The van der Waals surface area contributed by atoms with Crippen LogP contribution < -0.4 is 4.72 Å². The van der Waals surface area contributed by atoms with Crippen molar-refractivity contribution in [1.29, 1.82) is 5.26 Å². The molecule has 0 atom stereocenters. The van der Waals surface area contributed by atoms with Gasteiger partial charge in [-0.25, -0.2) is 8.42 Å². The zero-order valence-electron chi connectivity index (χ0n) is 13.0. The van der Waals surface area contributed by atoms with Gasteiger partial charge in [0.2, 0.25) is 10.0 Å². The number of nitrogens with one attached hydrogen (secondary N) is 1. The summed E-state index contributed by atoms with van der Waals surface area (Å²) < 4.78 is 24.7. The number of hydrogen-bond donors (Lipinski definition) is 1. The molecule has 0 aromatic heterocycles. The topological polar surface area (TPSA) is 82.3 Å². The molecule has 5 nitrogen and oxygen atoms in total. The highest BCUT2D eigenvalue weighted by Crippen LogP contribution is 2.12. The normalized spacial score (nSPS) is 11.8. The van der Waals surface area contributed by atoms with Crippen molar-refractivity contribution in [1.82, 2.24) is 0 Å². The molecule has 2 rings (SSSR count). The Bertz CT molecular complexity index is 868. The molecule has 2 aromatic carbocycles. The van der Waals surface area contributed by atoms with Crippen LogP contribution >= 0.6 is 11.6 Å². The van der Waals surface area contributed by atoms with Crippen molar-refractivity contribution in [3.05, 3.63) is 65.2 Å². The summed E-state index contributed by atoms with van der Waals surface area (Å²) in [4.78, 5) is 4.31. The Labute approximate surface area is 146 Å². The van der Waals surface area contributed by atoms with E-state index >= 15 is 0 Å². The van der Waals surface area contributed by atoms with Gasteiger partial charge >= 0.3 is 0 Å². The smallest absolute Gasteiger partial charge is 0.229 e. The second kappa shape index (κ2) is 7.95. The van der Waals surface area contributed by atoms with Crippen molar-refractivity contribution in [2.75, 3.05) is 17.5 Å². The molecule has 0 aliphatic rings. The minimum absolute atomic E-state index is 0.398. The average Bonchev–Trinajstić information content (AvgIpc) is 2.55. The van der Waals surface area contributed by atoms with E-state index in [1.54, 1.807) is 36.4 Å². The Morgan fingerprint density at radius 1 is 1.17 bits per heavy atom. The van der Waals surface area contributed by atoms with Crippen LogP contribution in [0.25, 0.3) is 0 Å². The van der Waals surface area contributed by atoms with E-state index in [9.17, 15) is 8.42 Å². The minimum atomic E-state index is -3.26. The second-order valence-electron chi connectivity index (χ2n) is 5.18. The first-order valence-electron chi connectivity index (χ1n) is 7.14. The Morgan fingerprint density at radius 3 is 2.33 bits per heavy atom. The first-order chi connectivity index (χ1) is 11.4. The molecule has 7 heteroatoms. The van der Waals surface area contributed by atoms with Crippen LogP contribution in [0.2, 0.25) is 0 Å². The molecular weight excluding hydrogens is 346 g/mol. The first kappa shape index (κ1) is 18.0. The fraction of sp³-hybridized carbons (Fsp3) is 0.176. The Kier molecular flexibility index (Phi) is 5.96. The van der Waals surface area contributed by atoms with Crippen molar-refractivity contribution in [3.8, 4) is 6.07 Å². The van der Waals surface area contributed by atoms with Crippen LogP contribution in [0.5, 0.6) is 0 Å². The van der Waals surface area contributed by atoms with Crippen LogP contribution in [0, 0.1) is 11.3 Å². The van der Waals surface area contributed by atoms with Crippen LogP contribution in [0.15, 0.2) is 53.5 Å². The molecule has 124 valence electrons. The van der Waals surface area contributed by atoms with E-state index in [-0.39, 0.29) is 0 Å². The van der Waals surface area contributed by atoms with E-state index in [0.29, 0.717) is 29.4 Å². The Morgan fingerprint density at radius 2 is 1.79 bits per heavy atom. The Balaban J connectivity index is 1.94. The number of benzene rings is 2. The maximum absolute atomic E-state index is 11.1. The van der Waals surface area contributed by atoms with Gasteiger partial charge in [-0.05, 0) is 36.2 Å². The summed E-state index contributed by atoms with van der Waals surface area (Å²) in [6.45, 7) is 0.512. The second-order valence-corrected chi connectivity index (χ2v) is 7.29. The SMILES string of the molecule is CS(=O)(=O)Nc1ccc(CC/N=C(\Cl)c2ccc(C#N)cc2)cc1. The number of anilines is 1. The number of hydrogen-bond acceptors (Lipinski definition) is 4. The number of nitriles is 1. The van der Waals surface area contributed by atoms with Gasteiger partial charge in [-0.2, -0.15) is 5.26 Å². The first-order valence-corrected chi connectivity index (χ1v) is 9.41. The van der Waals surface area contributed by atoms with Gasteiger partial charge < -0.3 is 0 Å². The van der Waals surface area contributed by atoms with E-state index < -0.39 is 10.0 Å². The summed E-state index contributed by atoms with van der Waals surface area (Å²) in [6.07, 6.45) is 1.80. The maximum Gasteiger partial charge on any atom is 0.229 e. The van der Waals surface area contributed by atoms with Gasteiger partial charge in [0.25, 0.3) is 0 Å². The van der Waals surface area contributed by atoms with Gasteiger partial charge in [0.05, 0.1) is 17.9 Å². The fourth-order valence-electron chi connectivity index (χ4n) is 2.01. The molecule has 0 amide bonds. The van der Waals surface area contributed by atoms with Crippen molar-refractivity contribution in [3.63, 3.8) is 0 Å². The summed E-state index contributed by atoms with van der Waals surface area (Å²) in [5, 5.41) is 9.16. The summed E-state index contributed by atoms with van der Waals surface area (Å²) >= 11 is 6.16. The van der Waals surface area contributed by atoms with E-state index in [1.807, 2.05) is 12.1 Å². The molecule has 0 unspecified atom stereocenters. The third-order valence-corrected chi connectivity index (χ3v) is 4.10. The summed E-state index contributed by atoms with van der Waals surface area (Å²) in [5.41, 5.74) is 2.90. The lowest BCUT2D eigenvalue weighted by molar-refractivity contribution is 0.607. The molecule has 2 aromatic rings. The Hall–Kier alpha value is -2.36. The molecule has 0 aliphatic carbocycles. The van der Waals surface area contributed by atoms with Crippen molar-refractivity contribution >= 4 is 32.5 Å². The number of halogens is 1. The average molecular weight is 362 g/mol. The van der Waals surface area contributed by atoms with Gasteiger partial charge in [0, 0.05) is 17.8 Å². The van der Waals surface area contributed by atoms with Crippen LogP contribution in [0.4, 0.5) is 5.69 Å². The number of aliphatic imine (C=N–C) groups is 1. The van der Waals surface area contributed by atoms with E-state index in [4.69, 9.17) is 16.9 Å². The van der Waals surface area contributed by atoms with Gasteiger partial charge in [-0.3, -0.25) is 9.71 Å². The van der Waals surface area contributed by atoms with Crippen molar-refractivity contribution in [2.24, 2.45) is 4.99 Å². The highest BCUT2D eigenvalue weighted by molar-refractivity contribution is 7.92. The van der Waals surface area contributed by atoms with Crippen molar-refractivity contribution < 1.29 is 8.42 Å². The van der Waals surface area contributed by atoms with Crippen LogP contribution in [-0.2, 0) is 16.4 Å². The highest BCUT2D eigenvalue weighted by Gasteiger charge is 2.02. The van der Waals surface area contributed by atoms with Crippen LogP contribution in [-0.4, -0.2) is 26.4 Å². The molecule has 0 saturated heterocycles. The van der Waals surface area contributed by atoms with Gasteiger partial charge in [-0.15, -0.1) is 0 Å². The molecule has 0 spiro atoms. The van der Waals surface area contributed by atoms with Gasteiger partial charge in [-0.1, -0.05) is 35.9 Å². The van der Waals surface area contributed by atoms with E-state index in [0.717, 1.165) is 17.4 Å². The number of sulfonamides is 1. The molecule has 0 fully saturated rings. The molecule has 0 saturated carbocycles. The highest BCUT2D eigenvalue weighted by atomic mass is 35.5. The molecule has 0 radical (unpaired) electrons. The molecule has 0 bridgehead atoms. The minimum Gasteiger partial charge on any atom is -0.284 e. The van der Waals surface area contributed by atoms with E-state index in [2.05, 4.69) is 15.8 Å². The zero-order valence-corrected chi connectivity index (χ0v) is 14.6. The zero-order chi connectivity index (χ0) is 17.6.